The second kappa shape index (κ2) is 4.94. The maximum atomic E-state index is 11.7. The van der Waals surface area contributed by atoms with E-state index in [0.717, 1.165) is 4.46 Å². The van der Waals surface area contributed by atoms with Gasteiger partial charge >= 0.3 is 83.4 Å². The number of hydrogen-bond acceptors (Lipinski definition) is 3. The van der Waals surface area contributed by atoms with Gasteiger partial charge in [-0.1, -0.05) is 0 Å². The molecule has 13 heavy (non-hydrogen) atoms. The third-order valence-electron chi connectivity index (χ3n) is 1.41. The number of benzene rings is 1. The first-order valence-corrected chi connectivity index (χ1v) is 8.28. The van der Waals surface area contributed by atoms with E-state index < -0.39 is 6.29 Å². The molecule has 0 aliphatic heterocycles. The van der Waals surface area contributed by atoms with Crippen molar-refractivity contribution in [3.05, 3.63) is 30.3 Å². The molecule has 0 heterocycles. The van der Waals surface area contributed by atoms with Crippen LogP contribution in [0.5, 0.6) is 0 Å². The zero-order chi connectivity index (χ0) is 9.73. The van der Waals surface area contributed by atoms with E-state index >= 15 is 0 Å². The molecular formula is C8H11O3PSe. The average molecular weight is 265 g/mol. The molecule has 0 spiro atoms. The van der Waals surface area contributed by atoms with Gasteiger partial charge < -0.3 is 0 Å². The predicted molar refractivity (Wildman–Crippen MR) is 53.5 cm³/mol. The summed E-state index contributed by atoms with van der Waals surface area (Å²) in [4.78, 5) is 0. The third kappa shape index (κ3) is 3.26. The van der Waals surface area contributed by atoms with E-state index in [1.165, 1.54) is 14.2 Å². The van der Waals surface area contributed by atoms with Gasteiger partial charge in [0.15, 0.2) is 0 Å². The molecule has 0 saturated carbocycles. The summed E-state index contributed by atoms with van der Waals surface area (Å²) in [7, 11) is 2.82. The van der Waals surface area contributed by atoms with Crippen LogP contribution in [-0.4, -0.2) is 28.7 Å². The number of rotatable bonds is 4. The van der Waals surface area contributed by atoms with E-state index in [4.69, 9.17) is 9.05 Å². The normalized spacial score (nSPS) is 11.5. The molecule has 0 bridgehead atoms. The van der Waals surface area contributed by atoms with Gasteiger partial charge in [0.05, 0.1) is 0 Å². The first kappa shape index (κ1) is 11.0. The molecule has 0 N–H and O–H groups in total. The molecule has 0 saturated heterocycles. The van der Waals surface area contributed by atoms with Gasteiger partial charge in [-0.05, 0) is 0 Å². The molecule has 5 heteroatoms. The Morgan fingerprint density at radius 3 is 2.15 bits per heavy atom. The standard InChI is InChI=1S/C8H11O3PSe/c1-10-12(9,11-2)13-8-6-4-3-5-7-8/h3-7H,1-2H3. The van der Waals surface area contributed by atoms with Crippen LogP contribution < -0.4 is 4.46 Å². The molecule has 1 aromatic rings. The van der Waals surface area contributed by atoms with Crippen molar-refractivity contribution < 1.29 is 13.6 Å². The summed E-state index contributed by atoms with van der Waals surface area (Å²) in [5.41, 5.74) is 0. The second-order valence-corrected chi connectivity index (χ2v) is 8.98. The van der Waals surface area contributed by atoms with Crippen LogP contribution >= 0.6 is 6.29 Å². The Balaban J connectivity index is 2.74. The fourth-order valence-corrected chi connectivity index (χ4v) is 5.10. The predicted octanol–water partition coefficient (Wildman–Crippen LogP) is 1.42. The summed E-state index contributed by atoms with van der Waals surface area (Å²) in [5.74, 6) is 0. The van der Waals surface area contributed by atoms with Crippen LogP contribution in [-0.2, 0) is 13.6 Å². The Kier molecular flexibility index (Phi) is 4.17. The summed E-state index contributed by atoms with van der Waals surface area (Å²) in [5, 5.41) is 0. The van der Waals surface area contributed by atoms with E-state index in [-0.39, 0.29) is 14.5 Å². The van der Waals surface area contributed by atoms with Crippen molar-refractivity contribution in [2.45, 2.75) is 0 Å². The summed E-state index contributed by atoms with van der Waals surface area (Å²) in [6.45, 7) is 0. The van der Waals surface area contributed by atoms with Crippen molar-refractivity contribution in [1.29, 1.82) is 0 Å². The monoisotopic (exact) mass is 266 g/mol. The summed E-state index contributed by atoms with van der Waals surface area (Å²) in [6, 6.07) is 9.58. The fourth-order valence-electron chi connectivity index (χ4n) is 0.760. The Bertz CT molecular complexity index is 294. The SMILES string of the molecule is COP(=O)(OC)[Se]c1ccccc1. The van der Waals surface area contributed by atoms with Crippen molar-refractivity contribution in [2.75, 3.05) is 14.2 Å². The molecule has 0 aliphatic carbocycles. The maximum absolute atomic E-state index is 11.7. The van der Waals surface area contributed by atoms with Crippen LogP contribution in [0.4, 0.5) is 0 Å². The molecule has 0 radical (unpaired) electrons. The Labute approximate surface area is 83.7 Å². The van der Waals surface area contributed by atoms with Gasteiger partial charge in [-0.3, -0.25) is 0 Å². The molecule has 1 rings (SSSR count). The summed E-state index contributed by atoms with van der Waals surface area (Å²) in [6.07, 6.45) is -2.84. The molecule has 1 aromatic carbocycles. The summed E-state index contributed by atoms with van der Waals surface area (Å²) < 4.78 is 22.4. The minimum absolute atomic E-state index is 0.266. The molecule has 0 atom stereocenters. The van der Waals surface area contributed by atoms with Crippen LogP contribution in [0, 0.1) is 0 Å². The van der Waals surface area contributed by atoms with Crippen molar-refractivity contribution in [3.8, 4) is 0 Å². The first-order chi connectivity index (χ1) is 6.20. The minimum atomic E-state index is -2.84. The van der Waals surface area contributed by atoms with Gasteiger partial charge in [-0.25, -0.2) is 0 Å². The second-order valence-electron chi connectivity index (χ2n) is 2.22. The van der Waals surface area contributed by atoms with Crippen LogP contribution in [0.15, 0.2) is 30.3 Å². The van der Waals surface area contributed by atoms with E-state index in [9.17, 15) is 4.57 Å². The van der Waals surface area contributed by atoms with E-state index in [2.05, 4.69) is 0 Å². The van der Waals surface area contributed by atoms with Crippen molar-refractivity contribution in [2.24, 2.45) is 0 Å². The Morgan fingerprint density at radius 1 is 1.15 bits per heavy atom. The fraction of sp³-hybridized carbons (Fsp3) is 0.250. The van der Waals surface area contributed by atoms with Gasteiger partial charge in [0.1, 0.15) is 0 Å². The quantitative estimate of drug-likeness (QED) is 0.610. The zero-order valence-electron chi connectivity index (χ0n) is 7.47. The Morgan fingerprint density at radius 2 is 1.69 bits per heavy atom. The van der Waals surface area contributed by atoms with E-state index in [0.29, 0.717) is 0 Å². The molecule has 3 nitrogen and oxygen atoms in total. The van der Waals surface area contributed by atoms with Gasteiger partial charge in [0.2, 0.25) is 0 Å². The average Bonchev–Trinajstić information content (AvgIpc) is 2.19. The van der Waals surface area contributed by atoms with Gasteiger partial charge in [0, 0.05) is 0 Å². The topological polar surface area (TPSA) is 35.5 Å². The molecule has 0 aliphatic rings. The first-order valence-electron chi connectivity index (χ1n) is 3.66. The van der Waals surface area contributed by atoms with Crippen molar-refractivity contribution in [1.82, 2.24) is 0 Å². The van der Waals surface area contributed by atoms with E-state index in [1.54, 1.807) is 0 Å². The van der Waals surface area contributed by atoms with Crippen LogP contribution in [0.2, 0.25) is 0 Å². The van der Waals surface area contributed by atoms with Crippen molar-refractivity contribution >= 4 is 25.3 Å². The molecule has 0 aromatic heterocycles. The van der Waals surface area contributed by atoms with Crippen LogP contribution in [0.25, 0.3) is 0 Å². The summed E-state index contributed by atoms with van der Waals surface area (Å²) >= 11 is -0.266. The Hall–Kier alpha value is -0.111. The van der Waals surface area contributed by atoms with Gasteiger partial charge in [-0.2, -0.15) is 0 Å². The molecule has 0 amide bonds. The molecule has 72 valence electrons. The molecule has 0 fully saturated rings. The molecular weight excluding hydrogens is 254 g/mol. The van der Waals surface area contributed by atoms with Crippen LogP contribution in [0.3, 0.4) is 0 Å². The number of hydrogen-bond donors (Lipinski definition) is 0. The van der Waals surface area contributed by atoms with Gasteiger partial charge in [0.25, 0.3) is 0 Å². The molecule has 0 unspecified atom stereocenters. The van der Waals surface area contributed by atoms with E-state index in [1.807, 2.05) is 30.3 Å². The van der Waals surface area contributed by atoms with Crippen LogP contribution in [0.1, 0.15) is 0 Å². The zero-order valence-corrected chi connectivity index (χ0v) is 10.1. The van der Waals surface area contributed by atoms with Crippen molar-refractivity contribution in [3.63, 3.8) is 0 Å². The van der Waals surface area contributed by atoms with Gasteiger partial charge in [-0.15, -0.1) is 0 Å². The third-order valence-corrected chi connectivity index (χ3v) is 7.92.